The first-order valence-electron chi connectivity index (χ1n) is 7.19. The lowest BCUT2D eigenvalue weighted by Gasteiger charge is -2.06. The molecule has 2 rings (SSSR count). The van der Waals surface area contributed by atoms with E-state index in [4.69, 9.17) is 16.3 Å². The molecule has 2 amide bonds. The lowest BCUT2D eigenvalue weighted by molar-refractivity contribution is -0.136. The molecule has 3 N–H and O–H groups in total. The largest absolute Gasteiger partial charge is 0.504 e. The number of hydrazone groups is 1. The van der Waals surface area contributed by atoms with Gasteiger partial charge in [0.05, 0.1) is 13.3 Å². The van der Waals surface area contributed by atoms with Gasteiger partial charge in [0.2, 0.25) is 0 Å². The third-order valence-corrected chi connectivity index (χ3v) is 3.66. The first kappa shape index (κ1) is 18.3. The fraction of sp³-hybridized carbons (Fsp3) is 0.118. The number of amides is 2. The summed E-state index contributed by atoms with van der Waals surface area (Å²) in [5, 5.41) is 16.4. The molecule has 0 bridgehead atoms. The van der Waals surface area contributed by atoms with E-state index in [1.54, 1.807) is 36.4 Å². The normalized spacial score (nSPS) is 10.5. The van der Waals surface area contributed by atoms with E-state index in [-0.39, 0.29) is 11.5 Å². The predicted octanol–water partition coefficient (Wildman–Crippen LogP) is 2.45. The standard InChI is InChI=1S/C17H16ClN3O4/c1-10-6-7-12(8-13(10)18)20-16(23)17(24)21-19-9-11-4-3-5-14(25-2)15(11)22/h3-9,22H,1-2H3,(H,20,23)(H,21,24)/b19-9-. The number of nitrogens with one attached hydrogen (secondary N) is 2. The topological polar surface area (TPSA) is 100 Å². The van der Waals surface area contributed by atoms with Crippen molar-refractivity contribution in [3.05, 3.63) is 52.5 Å². The lowest BCUT2D eigenvalue weighted by atomic mass is 10.2. The van der Waals surface area contributed by atoms with E-state index in [1.165, 1.54) is 13.3 Å². The second-order valence-electron chi connectivity index (χ2n) is 5.02. The van der Waals surface area contributed by atoms with Crippen molar-refractivity contribution in [1.29, 1.82) is 0 Å². The predicted molar refractivity (Wildman–Crippen MR) is 95.2 cm³/mol. The molecule has 8 heteroatoms. The second kappa shape index (κ2) is 8.16. The van der Waals surface area contributed by atoms with Crippen molar-refractivity contribution in [2.24, 2.45) is 5.10 Å². The van der Waals surface area contributed by atoms with Gasteiger partial charge in [0.25, 0.3) is 0 Å². The van der Waals surface area contributed by atoms with E-state index in [1.807, 2.05) is 6.92 Å². The van der Waals surface area contributed by atoms with Crippen LogP contribution < -0.4 is 15.5 Å². The summed E-state index contributed by atoms with van der Waals surface area (Å²) < 4.78 is 4.96. The summed E-state index contributed by atoms with van der Waals surface area (Å²) in [6.45, 7) is 1.82. The van der Waals surface area contributed by atoms with Gasteiger partial charge in [-0.1, -0.05) is 23.7 Å². The Kier molecular flexibility index (Phi) is 5.97. The van der Waals surface area contributed by atoms with Crippen molar-refractivity contribution in [3.8, 4) is 11.5 Å². The van der Waals surface area contributed by atoms with Crippen LogP contribution in [-0.4, -0.2) is 30.2 Å². The van der Waals surface area contributed by atoms with E-state index in [9.17, 15) is 14.7 Å². The molecular weight excluding hydrogens is 346 g/mol. The average molecular weight is 362 g/mol. The minimum Gasteiger partial charge on any atom is -0.504 e. The number of aryl methyl sites for hydroxylation is 1. The molecule has 0 aromatic heterocycles. The number of ether oxygens (including phenoxy) is 1. The van der Waals surface area contributed by atoms with Crippen LogP contribution >= 0.6 is 11.6 Å². The van der Waals surface area contributed by atoms with Crippen LogP contribution in [0.1, 0.15) is 11.1 Å². The SMILES string of the molecule is COc1cccc(/C=N\NC(=O)C(=O)Nc2ccc(C)c(Cl)c2)c1O. The lowest BCUT2D eigenvalue weighted by Crippen LogP contribution is -2.32. The van der Waals surface area contributed by atoms with Gasteiger partial charge in [-0.15, -0.1) is 0 Å². The number of phenols is 1. The van der Waals surface area contributed by atoms with Crippen LogP contribution in [0.25, 0.3) is 0 Å². The Morgan fingerprint density at radius 2 is 2.00 bits per heavy atom. The van der Waals surface area contributed by atoms with Gasteiger partial charge in [0.1, 0.15) is 0 Å². The summed E-state index contributed by atoms with van der Waals surface area (Å²) in [7, 11) is 1.42. The fourth-order valence-corrected chi connectivity index (χ4v) is 2.06. The number of methoxy groups -OCH3 is 1. The molecule has 2 aromatic carbocycles. The summed E-state index contributed by atoms with van der Waals surface area (Å²) in [6, 6.07) is 9.69. The molecule has 0 saturated heterocycles. The Bertz CT molecular complexity index is 837. The van der Waals surface area contributed by atoms with Crippen molar-refractivity contribution >= 4 is 35.3 Å². The number of phenolic OH excluding ortho intramolecular Hbond substituents is 1. The number of carbonyl (C=O) groups excluding carboxylic acids is 2. The molecule has 0 aliphatic heterocycles. The molecule has 0 atom stereocenters. The van der Waals surface area contributed by atoms with Crippen LogP contribution in [0.15, 0.2) is 41.5 Å². The number of rotatable bonds is 4. The van der Waals surface area contributed by atoms with Crippen molar-refractivity contribution in [1.82, 2.24) is 5.43 Å². The van der Waals surface area contributed by atoms with Gasteiger partial charge >= 0.3 is 11.8 Å². The van der Waals surface area contributed by atoms with Gasteiger partial charge in [-0.25, -0.2) is 5.43 Å². The number of aromatic hydroxyl groups is 1. The van der Waals surface area contributed by atoms with Crippen LogP contribution in [0.5, 0.6) is 11.5 Å². The number of para-hydroxylation sites is 1. The maximum absolute atomic E-state index is 11.8. The second-order valence-corrected chi connectivity index (χ2v) is 5.42. The molecule has 0 heterocycles. The third kappa shape index (κ3) is 4.71. The van der Waals surface area contributed by atoms with Crippen LogP contribution in [0.3, 0.4) is 0 Å². The molecular formula is C17H16ClN3O4. The number of halogens is 1. The average Bonchev–Trinajstić information content (AvgIpc) is 2.59. The third-order valence-electron chi connectivity index (χ3n) is 3.26. The number of hydrogen-bond acceptors (Lipinski definition) is 5. The quantitative estimate of drug-likeness (QED) is 0.442. The maximum atomic E-state index is 11.8. The summed E-state index contributed by atoms with van der Waals surface area (Å²) >= 11 is 5.96. The van der Waals surface area contributed by atoms with Gasteiger partial charge in [-0.3, -0.25) is 9.59 Å². The molecule has 0 aliphatic rings. The van der Waals surface area contributed by atoms with Gasteiger partial charge < -0.3 is 15.2 Å². The van der Waals surface area contributed by atoms with E-state index in [0.717, 1.165) is 5.56 Å². The molecule has 0 saturated carbocycles. The minimum absolute atomic E-state index is 0.123. The number of nitrogens with zero attached hydrogens (tertiary/aromatic N) is 1. The highest BCUT2D eigenvalue weighted by atomic mass is 35.5. The molecule has 0 spiro atoms. The fourth-order valence-electron chi connectivity index (χ4n) is 1.88. The Labute approximate surface area is 149 Å². The Hall–Kier alpha value is -3.06. The van der Waals surface area contributed by atoms with Crippen molar-refractivity contribution in [3.63, 3.8) is 0 Å². The zero-order valence-electron chi connectivity index (χ0n) is 13.5. The van der Waals surface area contributed by atoms with Crippen LogP contribution in [0, 0.1) is 6.92 Å². The van der Waals surface area contributed by atoms with E-state index in [0.29, 0.717) is 16.3 Å². The van der Waals surface area contributed by atoms with Gasteiger partial charge in [-0.2, -0.15) is 5.10 Å². The highest BCUT2D eigenvalue weighted by Crippen LogP contribution is 2.27. The first-order chi connectivity index (χ1) is 11.9. The first-order valence-corrected chi connectivity index (χ1v) is 7.56. The molecule has 25 heavy (non-hydrogen) atoms. The number of anilines is 1. The molecule has 0 fully saturated rings. The number of hydrogen-bond donors (Lipinski definition) is 3. The van der Waals surface area contributed by atoms with Crippen molar-refractivity contribution < 1.29 is 19.4 Å². The van der Waals surface area contributed by atoms with Crippen LogP contribution in [-0.2, 0) is 9.59 Å². The van der Waals surface area contributed by atoms with E-state index >= 15 is 0 Å². The van der Waals surface area contributed by atoms with Crippen molar-refractivity contribution in [2.45, 2.75) is 6.92 Å². The zero-order valence-corrected chi connectivity index (χ0v) is 14.3. The number of benzene rings is 2. The van der Waals surface area contributed by atoms with E-state index in [2.05, 4.69) is 15.8 Å². The molecule has 7 nitrogen and oxygen atoms in total. The van der Waals surface area contributed by atoms with E-state index < -0.39 is 11.8 Å². The summed E-state index contributed by atoms with van der Waals surface area (Å²) in [5.41, 5.74) is 3.65. The Morgan fingerprint density at radius 1 is 1.24 bits per heavy atom. The summed E-state index contributed by atoms with van der Waals surface area (Å²) in [5.74, 6) is -1.71. The van der Waals surface area contributed by atoms with Gasteiger partial charge in [-0.05, 0) is 36.8 Å². The molecule has 130 valence electrons. The van der Waals surface area contributed by atoms with Crippen LogP contribution in [0.4, 0.5) is 5.69 Å². The molecule has 0 unspecified atom stereocenters. The number of carbonyl (C=O) groups is 2. The Morgan fingerprint density at radius 3 is 2.68 bits per heavy atom. The maximum Gasteiger partial charge on any atom is 0.329 e. The summed E-state index contributed by atoms with van der Waals surface area (Å²) in [6.07, 6.45) is 1.20. The highest BCUT2D eigenvalue weighted by Gasteiger charge is 2.13. The highest BCUT2D eigenvalue weighted by molar-refractivity contribution is 6.39. The molecule has 2 aromatic rings. The monoisotopic (exact) mass is 361 g/mol. The Balaban J connectivity index is 1.97. The summed E-state index contributed by atoms with van der Waals surface area (Å²) in [4.78, 5) is 23.5. The zero-order chi connectivity index (χ0) is 18.4. The van der Waals surface area contributed by atoms with Gasteiger partial charge in [0.15, 0.2) is 11.5 Å². The van der Waals surface area contributed by atoms with Crippen LogP contribution in [0.2, 0.25) is 5.02 Å². The molecule has 0 radical (unpaired) electrons. The van der Waals surface area contributed by atoms with Crippen molar-refractivity contribution in [2.75, 3.05) is 12.4 Å². The minimum atomic E-state index is -0.963. The smallest absolute Gasteiger partial charge is 0.329 e. The molecule has 0 aliphatic carbocycles. The van der Waals surface area contributed by atoms with Gasteiger partial charge in [0, 0.05) is 16.3 Å².